The number of hydrazine groups is 1. The minimum absolute atomic E-state index is 0.0824. The van der Waals surface area contributed by atoms with E-state index in [0.717, 1.165) is 38.2 Å². The van der Waals surface area contributed by atoms with Crippen LogP contribution in [-0.4, -0.2) is 22.3 Å². The van der Waals surface area contributed by atoms with Crippen molar-refractivity contribution in [2.24, 2.45) is 11.8 Å². The van der Waals surface area contributed by atoms with Gasteiger partial charge in [-0.3, -0.25) is 5.84 Å². The number of nitrogens with one attached hydrogen (secondary N) is 1. The van der Waals surface area contributed by atoms with E-state index in [2.05, 4.69) is 28.8 Å². The lowest BCUT2D eigenvalue weighted by Crippen LogP contribution is -2.38. The second-order valence-corrected chi connectivity index (χ2v) is 4.89. The van der Waals surface area contributed by atoms with Gasteiger partial charge >= 0.3 is 0 Å². The van der Waals surface area contributed by atoms with Crippen LogP contribution in [0.2, 0.25) is 0 Å². The average molecular weight is 252 g/mol. The van der Waals surface area contributed by atoms with Gasteiger partial charge in [-0.2, -0.15) is 0 Å². The second kappa shape index (κ2) is 6.31. The van der Waals surface area contributed by atoms with E-state index in [1.165, 1.54) is 0 Å². The standard InChI is InChI=1S/C13H24N4O/c1-3-7-17-8-6-15-13(17)12(16-14)10-5-9-18-11(10)4-2/h6,8,10-12,16H,3-5,7,9,14H2,1-2H3. The Labute approximate surface area is 109 Å². The van der Waals surface area contributed by atoms with Crippen LogP contribution in [0.4, 0.5) is 0 Å². The molecule has 5 nitrogen and oxygen atoms in total. The van der Waals surface area contributed by atoms with Gasteiger partial charge in [0, 0.05) is 31.5 Å². The second-order valence-electron chi connectivity index (χ2n) is 4.89. The van der Waals surface area contributed by atoms with Crippen molar-refractivity contribution in [2.45, 2.75) is 51.8 Å². The van der Waals surface area contributed by atoms with Gasteiger partial charge < -0.3 is 9.30 Å². The molecular weight excluding hydrogens is 228 g/mol. The maximum Gasteiger partial charge on any atom is 0.127 e. The summed E-state index contributed by atoms with van der Waals surface area (Å²) < 4.78 is 7.95. The molecule has 0 saturated carbocycles. The number of imidazole rings is 1. The van der Waals surface area contributed by atoms with Gasteiger partial charge in [0.25, 0.3) is 0 Å². The maximum absolute atomic E-state index is 5.77. The summed E-state index contributed by atoms with van der Waals surface area (Å²) in [7, 11) is 0. The van der Waals surface area contributed by atoms with Crippen molar-refractivity contribution in [3.63, 3.8) is 0 Å². The molecule has 1 aromatic rings. The highest BCUT2D eigenvalue weighted by Crippen LogP contribution is 2.33. The lowest BCUT2D eigenvalue weighted by atomic mass is 9.91. The first-order valence-corrected chi connectivity index (χ1v) is 6.90. The molecule has 18 heavy (non-hydrogen) atoms. The lowest BCUT2D eigenvalue weighted by molar-refractivity contribution is 0.0760. The Balaban J connectivity index is 2.19. The summed E-state index contributed by atoms with van der Waals surface area (Å²) in [4.78, 5) is 4.48. The smallest absolute Gasteiger partial charge is 0.127 e. The fourth-order valence-corrected chi connectivity index (χ4v) is 2.89. The fourth-order valence-electron chi connectivity index (χ4n) is 2.89. The molecule has 102 valence electrons. The van der Waals surface area contributed by atoms with Crippen LogP contribution < -0.4 is 11.3 Å². The van der Waals surface area contributed by atoms with Crippen LogP contribution in [0.25, 0.3) is 0 Å². The third-order valence-corrected chi connectivity index (χ3v) is 3.76. The molecule has 2 heterocycles. The van der Waals surface area contributed by atoms with E-state index in [4.69, 9.17) is 10.6 Å². The molecular formula is C13H24N4O. The van der Waals surface area contributed by atoms with E-state index in [9.17, 15) is 0 Å². The van der Waals surface area contributed by atoms with E-state index >= 15 is 0 Å². The zero-order chi connectivity index (χ0) is 13.0. The molecule has 0 spiro atoms. The van der Waals surface area contributed by atoms with Gasteiger partial charge in [0.1, 0.15) is 5.82 Å². The van der Waals surface area contributed by atoms with Crippen LogP contribution in [0.5, 0.6) is 0 Å². The van der Waals surface area contributed by atoms with Crippen molar-refractivity contribution in [3.8, 4) is 0 Å². The largest absolute Gasteiger partial charge is 0.378 e. The van der Waals surface area contributed by atoms with E-state index in [1.807, 2.05) is 12.4 Å². The van der Waals surface area contributed by atoms with E-state index in [-0.39, 0.29) is 12.1 Å². The molecule has 1 saturated heterocycles. The zero-order valence-corrected chi connectivity index (χ0v) is 11.3. The monoisotopic (exact) mass is 252 g/mol. The molecule has 2 rings (SSSR count). The number of nitrogens with two attached hydrogens (primary N) is 1. The first-order chi connectivity index (χ1) is 8.81. The minimum Gasteiger partial charge on any atom is -0.378 e. The van der Waals surface area contributed by atoms with Gasteiger partial charge in [0.2, 0.25) is 0 Å². The van der Waals surface area contributed by atoms with Crippen molar-refractivity contribution in [1.82, 2.24) is 15.0 Å². The van der Waals surface area contributed by atoms with Gasteiger partial charge in [-0.1, -0.05) is 13.8 Å². The first kappa shape index (κ1) is 13.5. The van der Waals surface area contributed by atoms with Gasteiger partial charge in [0.15, 0.2) is 0 Å². The molecule has 1 aromatic heterocycles. The Morgan fingerprint density at radius 1 is 1.61 bits per heavy atom. The van der Waals surface area contributed by atoms with Gasteiger partial charge in [-0.05, 0) is 19.3 Å². The van der Waals surface area contributed by atoms with Crippen LogP contribution in [-0.2, 0) is 11.3 Å². The highest BCUT2D eigenvalue weighted by molar-refractivity contribution is 5.03. The number of aryl methyl sites for hydroxylation is 1. The molecule has 0 radical (unpaired) electrons. The summed E-state index contributed by atoms with van der Waals surface area (Å²) >= 11 is 0. The summed E-state index contributed by atoms with van der Waals surface area (Å²) in [6.07, 6.45) is 7.34. The Morgan fingerprint density at radius 2 is 2.44 bits per heavy atom. The Kier molecular flexibility index (Phi) is 4.74. The maximum atomic E-state index is 5.77. The Morgan fingerprint density at radius 3 is 3.11 bits per heavy atom. The predicted molar refractivity (Wildman–Crippen MR) is 70.7 cm³/mol. The summed E-state index contributed by atoms with van der Waals surface area (Å²) in [5, 5.41) is 0. The summed E-state index contributed by atoms with van der Waals surface area (Å²) in [6, 6.07) is 0.0824. The van der Waals surface area contributed by atoms with Gasteiger partial charge in [-0.15, -0.1) is 0 Å². The third-order valence-electron chi connectivity index (χ3n) is 3.76. The molecule has 1 fully saturated rings. The molecule has 3 unspecified atom stereocenters. The summed E-state index contributed by atoms with van der Waals surface area (Å²) in [5.74, 6) is 7.22. The topological polar surface area (TPSA) is 65.1 Å². The van der Waals surface area contributed by atoms with Gasteiger partial charge in [0.05, 0.1) is 12.1 Å². The number of hydrogen-bond donors (Lipinski definition) is 2. The summed E-state index contributed by atoms with van der Waals surface area (Å²) in [6.45, 7) is 6.14. The average Bonchev–Trinajstić information content (AvgIpc) is 3.01. The molecule has 1 aliphatic heterocycles. The highest BCUT2D eigenvalue weighted by Gasteiger charge is 2.35. The van der Waals surface area contributed by atoms with Crippen molar-refractivity contribution in [2.75, 3.05) is 6.61 Å². The van der Waals surface area contributed by atoms with Crippen LogP contribution in [0, 0.1) is 5.92 Å². The first-order valence-electron chi connectivity index (χ1n) is 6.90. The molecule has 3 atom stereocenters. The molecule has 3 N–H and O–H groups in total. The van der Waals surface area contributed by atoms with Crippen LogP contribution in [0.1, 0.15) is 45.0 Å². The van der Waals surface area contributed by atoms with Gasteiger partial charge in [-0.25, -0.2) is 10.4 Å². The molecule has 0 aromatic carbocycles. The van der Waals surface area contributed by atoms with E-state index in [1.54, 1.807) is 0 Å². The van der Waals surface area contributed by atoms with Crippen molar-refractivity contribution >= 4 is 0 Å². The highest BCUT2D eigenvalue weighted by atomic mass is 16.5. The van der Waals surface area contributed by atoms with Crippen molar-refractivity contribution in [1.29, 1.82) is 0 Å². The number of hydrogen-bond acceptors (Lipinski definition) is 4. The Bertz CT molecular complexity index is 366. The number of nitrogens with zero attached hydrogens (tertiary/aromatic N) is 2. The third kappa shape index (κ3) is 2.58. The zero-order valence-electron chi connectivity index (χ0n) is 11.3. The fraction of sp³-hybridized carbons (Fsp3) is 0.769. The Hall–Kier alpha value is -0.910. The van der Waals surface area contributed by atoms with Crippen LogP contribution >= 0.6 is 0 Å². The quantitative estimate of drug-likeness (QED) is 0.596. The molecule has 0 aliphatic carbocycles. The van der Waals surface area contributed by atoms with E-state index in [0.29, 0.717) is 5.92 Å². The van der Waals surface area contributed by atoms with Crippen molar-refractivity contribution < 1.29 is 4.74 Å². The normalized spacial score (nSPS) is 25.5. The molecule has 5 heteroatoms. The molecule has 0 bridgehead atoms. The van der Waals surface area contributed by atoms with E-state index < -0.39 is 0 Å². The number of rotatable bonds is 6. The molecule has 1 aliphatic rings. The van der Waals surface area contributed by atoms with Crippen LogP contribution in [0.15, 0.2) is 12.4 Å². The predicted octanol–water partition coefficient (Wildman–Crippen LogP) is 1.61. The van der Waals surface area contributed by atoms with Crippen LogP contribution in [0.3, 0.4) is 0 Å². The summed E-state index contributed by atoms with van der Waals surface area (Å²) in [5.41, 5.74) is 2.95. The number of ether oxygens (including phenoxy) is 1. The molecule has 0 amide bonds. The number of aromatic nitrogens is 2. The lowest BCUT2D eigenvalue weighted by Gasteiger charge is -2.26. The van der Waals surface area contributed by atoms with Crippen molar-refractivity contribution in [3.05, 3.63) is 18.2 Å². The SMILES string of the molecule is CCCn1ccnc1C(NN)C1CCOC1CC. The minimum atomic E-state index is 0.0824.